The Bertz CT molecular complexity index is 928. The molecule has 1 aromatic carbocycles. The highest BCUT2D eigenvalue weighted by molar-refractivity contribution is 5.79. The number of benzene rings is 1. The van der Waals surface area contributed by atoms with Gasteiger partial charge in [-0.3, -0.25) is 9.78 Å². The number of carbonyl (C=O) groups excluding carboxylic acids is 1. The third kappa shape index (κ3) is 3.86. The molecule has 1 aliphatic rings. The van der Waals surface area contributed by atoms with Crippen molar-refractivity contribution in [2.45, 2.75) is 25.2 Å². The molecule has 0 saturated carbocycles. The van der Waals surface area contributed by atoms with Gasteiger partial charge in [-0.25, -0.2) is 4.39 Å². The topological polar surface area (TPSA) is 72.1 Å². The van der Waals surface area contributed by atoms with E-state index < -0.39 is 0 Å². The minimum atomic E-state index is -0.351. The van der Waals surface area contributed by atoms with Gasteiger partial charge in [0.15, 0.2) is 0 Å². The number of likely N-dealkylation sites (tertiary alicyclic amines) is 1. The number of pyridine rings is 1. The highest BCUT2D eigenvalue weighted by Gasteiger charge is 2.29. The first-order chi connectivity index (χ1) is 13.2. The zero-order valence-corrected chi connectivity index (χ0v) is 14.7. The highest BCUT2D eigenvalue weighted by atomic mass is 19.1. The van der Waals surface area contributed by atoms with E-state index in [9.17, 15) is 9.18 Å². The molecule has 3 heterocycles. The van der Waals surface area contributed by atoms with Crippen LogP contribution in [0.3, 0.4) is 0 Å². The average Bonchev–Trinajstić information content (AvgIpc) is 3.21. The Labute approximate surface area is 156 Å². The number of carbonyl (C=O) groups is 1. The fraction of sp³-hybridized carbons (Fsp3) is 0.300. The number of hydrogen-bond acceptors (Lipinski definition) is 5. The van der Waals surface area contributed by atoms with Crippen LogP contribution in [0.1, 0.15) is 30.2 Å². The molecule has 4 rings (SSSR count). The van der Waals surface area contributed by atoms with Crippen molar-refractivity contribution in [1.82, 2.24) is 20.1 Å². The van der Waals surface area contributed by atoms with E-state index >= 15 is 0 Å². The quantitative estimate of drug-likeness (QED) is 0.709. The van der Waals surface area contributed by atoms with Crippen molar-refractivity contribution in [3.8, 4) is 11.6 Å². The number of hydrogen-bond donors (Lipinski definition) is 0. The van der Waals surface area contributed by atoms with Gasteiger partial charge in [0, 0.05) is 19.3 Å². The lowest BCUT2D eigenvalue weighted by atomic mass is 9.97. The lowest BCUT2D eigenvalue weighted by Gasteiger charge is -2.31. The molecule has 1 saturated heterocycles. The van der Waals surface area contributed by atoms with Crippen molar-refractivity contribution in [1.29, 1.82) is 0 Å². The first-order valence-electron chi connectivity index (χ1n) is 8.96. The Morgan fingerprint density at radius 2 is 2.04 bits per heavy atom. The van der Waals surface area contributed by atoms with Gasteiger partial charge in [-0.05, 0) is 36.6 Å². The molecule has 1 aliphatic heterocycles. The van der Waals surface area contributed by atoms with Gasteiger partial charge in [0.1, 0.15) is 11.5 Å². The summed E-state index contributed by atoms with van der Waals surface area (Å²) in [6, 6.07) is 11.9. The van der Waals surface area contributed by atoms with E-state index in [1.165, 1.54) is 6.07 Å². The minimum Gasteiger partial charge on any atom is -0.419 e. The van der Waals surface area contributed by atoms with Gasteiger partial charge in [0.05, 0.1) is 12.3 Å². The van der Waals surface area contributed by atoms with Crippen molar-refractivity contribution >= 4 is 5.91 Å². The number of amides is 1. The second-order valence-corrected chi connectivity index (χ2v) is 6.61. The predicted octanol–water partition coefficient (Wildman–Crippen LogP) is 3.22. The minimum absolute atomic E-state index is 0.0201. The summed E-state index contributed by atoms with van der Waals surface area (Å²) in [4.78, 5) is 18.6. The van der Waals surface area contributed by atoms with Crippen LogP contribution in [-0.4, -0.2) is 39.1 Å². The molecule has 138 valence electrons. The molecule has 1 fully saturated rings. The van der Waals surface area contributed by atoms with Crippen LogP contribution in [0, 0.1) is 5.82 Å². The molecule has 1 unspecified atom stereocenters. The van der Waals surface area contributed by atoms with E-state index in [-0.39, 0.29) is 24.1 Å². The SMILES string of the molecule is O=C(Cc1ccccc1F)N1CCCC(c2nnc(-c3ccccn3)o2)C1. The Balaban J connectivity index is 1.45. The Morgan fingerprint density at radius 3 is 2.85 bits per heavy atom. The Hall–Kier alpha value is -3.09. The third-order valence-electron chi connectivity index (χ3n) is 4.75. The van der Waals surface area contributed by atoms with Crippen molar-refractivity contribution < 1.29 is 13.6 Å². The number of piperidine rings is 1. The molecule has 0 bridgehead atoms. The van der Waals surface area contributed by atoms with Crippen LogP contribution in [0.5, 0.6) is 0 Å². The largest absolute Gasteiger partial charge is 0.419 e. The van der Waals surface area contributed by atoms with Crippen molar-refractivity contribution in [2.75, 3.05) is 13.1 Å². The normalized spacial score (nSPS) is 17.1. The number of nitrogens with zero attached hydrogens (tertiary/aromatic N) is 4. The molecular formula is C20H19FN4O2. The van der Waals surface area contributed by atoms with Crippen molar-refractivity contribution in [3.05, 3.63) is 65.9 Å². The molecule has 27 heavy (non-hydrogen) atoms. The van der Waals surface area contributed by atoms with Crippen molar-refractivity contribution in [2.24, 2.45) is 0 Å². The first kappa shape index (κ1) is 17.3. The Morgan fingerprint density at radius 1 is 1.19 bits per heavy atom. The summed E-state index contributed by atoms with van der Waals surface area (Å²) < 4.78 is 19.6. The molecule has 6 nitrogen and oxygen atoms in total. The molecule has 1 atom stereocenters. The Kier molecular flexibility index (Phi) is 4.91. The van der Waals surface area contributed by atoms with E-state index in [0.29, 0.717) is 36.1 Å². The van der Waals surface area contributed by atoms with Crippen molar-refractivity contribution in [3.63, 3.8) is 0 Å². The highest BCUT2D eigenvalue weighted by Crippen LogP contribution is 2.28. The molecule has 0 radical (unpaired) electrons. The summed E-state index contributed by atoms with van der Waals surface area (Å²) in [5.41, 5.74) is 1.04. The third-order valence-corrected chi connectivity index (χ3v) is 4.75. The van der Waals surface area contributed by atoms with E-state index in [1.807, 2.05) is 18.2 Å². The molecule has 0 N–H and O–H groups in total. The molecular weight excluding hydrogens is 347 g/mol. The summed E-state index contributed by atoms with van der Waals surface area (Å²) in [6.45, 7) is 1.15. The lowest BCUT2D eigenvalue weighted by molar-refractivity contribution is -0.131. The average molecular weight is 366 g/mol. The van der Waals surface area contributed by atoms with Gasteiger partial charge in [-0.1, -0.05) is 24.3 Å². The van der Waals surface area contributed by atoms with E-state index in [4.69, 9.17) is 4.42 Å². The van der Waals surface area contributed by atoms with Crippen LogP contribution in [0.25, 0.3) is 11.6 Å². The predicted molar refractivity (Wildman–Crippen MR) is 96.2 cm³/mol. The molecule has 7 heteroatoms. The summed E-state index contributed by atoms with van der Waals surface area (Å²) in [6.07, 6.45) is 3.44. The van der Waals surface area contributed by atoms with Crippen LogP contribution >= 0.6 is 0 Å². The standard InChI is InChI=1S/C20H19FN4O2/c21-16-8-2-1-6-14(16)12-18(26)25-11-5-7-15(13-25)19-23-24-20(27-19)17-9-3-4-10-22-17/h1-4,6,8-10,15H,5,7,11-13H2. The maximum atomic E-state index is 13.8. The molecule has 1 amide bonds. The van der Waals surface area contributed by atoms with Crippen LogP contribution in [-0.2, 0) is 11.2 Å². The van der Waals surface area contributed by atoms with Crippen LogP contribution in [0.15, 0.2) is 53.1 Å². The monoisotopic (exact) mass is 366 g/mol. The van der Waals surface area contributed by atoms with Gasteiger partial charge in [0.25, 0.3) is 5.89 Å². The van der Waals surface area contributed by atoms with Crippen LogP contribution < -0.4 is 0 Å². The summed E-state index contributed by atoms with van der Waals surface area (Å²) in [5, 5.41) is 8.23. The molecule has 0 aliphatic carbocycles. The first-order valence-corrected chi connectivity index (χ1v) is 8.96. The molecule has 2 aromatic heterocycles. The summed E-state index contributed by atoms with van der Waals surface area (Å²) in [5.74, 6) is 0.429. The zero-order valence-electron chi connectivity index (χ0n) is 14.7. The fourth-order valence-corrected chi connectivity index (χ4v) is 3.31. The lowest BCUT2D eigenvalue weighted by Crippen LogP contribution is -2.40. The van der Waals surface area contributed by atoms with Gasteiger partial charge in [-0.2, -0.15) is 0 Å². The smallest absolute Gasteiger partial charge is 0.266 e. The van der Waals surface area contributed by atoms with Gasteiger partial charge in [0.2, 0.25) is 11.8 Å². The maximum absolute atomic E-state index is 13.8. The zero-order chi connectivity index (χ0) is 18.6. The van der Waals surface area contributed by atoms with E-state index in [0.717, 1.165) is 12.8 Å². The van der Waals surface area contributed by atoms with E-state index in [1.54, 1.807) is 29.3 Å². The second-order valence-electron chi connectivity index (χ2n) is 6.61. The van der Waals surface area contributed by atoms with E-state index in [2.05, 4.69) is 15.2 Å². The molecule has 0 spiro atoms. The van der Waals surface area contributed by atoms with Crippen LogP contribution in [0.2, 0.25) is 0 Å². The number of aromatic nitrogens is 3. The van der Waals surface area contributed by atoms with Gasteiger partial charge >= 0.3 is 0 Å². The van der Waals surface area contributed by atoms with Gasteiger partial charge < -0.3 is 9.32 Å². The number of rotatable bonds is 4. The number of halogens is 1. The fourth-order valence-electron chi connectivity index (χ4n) is 3.31. The van der Waals surface area contributed by atoms with Gasteiger partial charge in [-0.15, -0.1) is 10.2 Å². The van der Waals surface area contributed by atoms with Crippen LogP contribution in [0.4, 0.5) is 4.39 Å². The molecule has 3 aromatic rings. The summed E-state index contributed by atoms with van der Waals surface area (Å²) >= 11 is 0. The second kappa shape index (κ2) is 7.65. The summed E-state index contributed by atoms with van der Waals surface area (Å²) in [7, 11) is 0. The maximum Gasteiger partial charge on any atom is 0.266 e.